The summed E-state index contributed by atoms with van der Waals surface area (Å²) in [6.45, 7) is 0. The third-order valence-electron chi connectivity index (χ3n) is 1.38. The van der Waals surface area contributed by atoms with Gasteiger partial charge in [0.2, 0.25) is 5.69 Å². The molecule has 0 atom stereocenters. The van der Waals surface area contributed by atoms with Crippen molar-refractivity contribution in [1.82, 2.24) is 9.97 Å². The summed E-state index contributed by atoms with van der Waals surface area (Å²) in [5.74, 6) is 0. The first-order valence-electron chi connectivity index (χ1n) is 3.31. The zero-order valence-electron chi connectivity index (χ0n) is 6.71. The lowest BCUT2D eigenvalue weighted by Crippen LogP contribution is -2.30. The van der Waals surface area contributed by atoms with Crippen LogP contribution in [0.2, 0.25) is 0 Å². The second-order valence-corrected chi connectivity index (χ2v) is 2.39. The molecule has 0 aliphatic heterocycles. The van der Waals surface area contributed by atoms with E-state index in [1.54, 1.807) is 0 Å². The first kappa shape index (κ1) is 10.9. The van der Waals surface area contributed by atoms with Crippen molar-refractivity contribution < 1.29 is 18.1 Å². The number of aromatic amines is 2. The van der Waals surface area contributed by atoms with E-state index in [1.165, 1.54) is 4.98 Å². The molecule has 1 aromatic heterocycles. The molecule has 0 fully saturated rings. The zero-order valence-corrected chi connectivity index (χ0v) is 6.71. The molecule has 0 saturated carbocycles. The number of hydrogen-bond donors (Lipinski definition) is 2. The van der Waals surface area contributed by atoms with E-state index < -0.39 is 33.7 Å². The predicted molar refractivity (Wildman–Crippen MR) is 39.3 cm³/mol. The van der Waals surface area contributed by atoms with Gasteiger partial charge < -0.3 is 0 Å². The smallest absolute Gasteiger partial charge is 0.297 e. The molecule has 0 bridgehead atoms. The van der Waals surface area contributed by atoms with Crippen molar-refractivity contribution in [1.29, 1.82) is 0 Å². The molecule has 0 spiro atoms. The standard InChI is InChI=1S/C5H2F3N3O4/c6-5(7,8)2-1(11(14)15)3(12)10-4(13)9-2/h(H2,9,10,12,13). The molecule has 1 heterocycles. The number of aromatic nitrogens is 2. The summed E-state index contributed by atoms with van der Waals surface area (Å²) in [5, 5.41) is 10.2. The van der Waals surface area contributed by atoms with Crippen molar-refractivity contribution in [3.05, 3.63) is 36.6 Å². The van der Waals surface area contributed by atoms with Crippen LogP contribution in [0.25, 0.3) is 0 Å². The second-order valence-electron chi connectivity index (χ2n) is 2.39. The van der Waals surface area contributed by atoms with Gasteiger partial charge in [-0.15, -0.1) is 0 Å². The van der Waals surface area contributed by atoms with Crippen molar-refractivity contribution in [2.24, 2.45) is 0 Å². The molecule has 82 valence electrons. The minimum absolute atomic E-state index is 1.16. The minimum Gasteiger partial charge on any atom is -0.297 e. The highest BCUT2D eigenvalue weighted by Crippen LogP contribution is 2.31. The van der Waals surface area contributed by atoms with Crippen molar-refractivity contribution in [3.63, 3.8) is 0 Å². The molecule has 0 aliphatic carbocycles. The van der Waals surface area contributed by atoms with Gasteiger partial charge in [0.05, 0.1) is 4.92 Å². The van der Waals surface area contributed by atoms with Crippen LogP contribution >= 0.6 is 0 Å². The average Bonchev–Trinajstić information content (AvgIpc) is 1.99. The second kappa shape index (κ2) is 3.22. The van der Waals surface area contributed by atoms with E-state index in [0.29, 0.717) is 0 Å². The van der Waals surface area contributed by atoms with Gasteiger partial charge in [-0.3, -0.25) is 24.9 Å². The maximum Gasteiger partial charge on any atom is 0.438 e. The summed E-state index contributed by atoms with van der Waals surface area (Å²) in [6, 6.07) is 0. The Morgan fingerprint density at radius 2 is 1.73 bits per heavy atom. The van der Waals surface area contributed by atoms with Crippen LogP contribution in [0.15, 0.2) is 9.59 Å². The first-order valence-corrected chi connectivity index (χ1v) is 3.31. The van der Waals surface area contributed by atoms with Gasteiger partial charge in [0, 0.05) is 0 Å². The number of alkyl halides is 3. The van der Waals surface area contributed by atoms with E-state index in [0.717, 1.165) is 4.98 Å². The third-order valence-corrected chi connectivity index (χ3v) is 1.38. The highest BCUT2D eigenvalue weighted by atomic mass is 19.4. The SMILES string of the molecule is O=c1[nH]c(C(F)(F)F)c([N+](=O)[O-])c(=O)[nH]1. The Hall–Kier alpha value is -2.13. The number of hydrogen-bond acceptors (Lipinski definition) is 4. The fraction of sp³-hybridized carbons (Fsp3) is 0.200. The number of halogens is 3. The van der Waals surface area contributed by atoms with Crippen molar-refractivity contribution in [3.8, 4) is 0 Å². The minimum atomic E-state index is -5.17. The molecular formula is C5H2F3N3O4. The van der Waals surface area contributed by atoms with E-state index in [2.05, 4.69) is 0 Å². The monoisotopic (exact) mass is 225 g/mol. The summed E-state index contributed by atoms with van der Waals surface area (Å²) in [5.41, 5.74) is -6.86. The fourth-order valence-corrected chi connectivity index (χ4v) is 0.859. The van der Waals surface area contributed by atoms with Crippen LogP contribution in [0.3, 0.4) is 0 Å². The molecule has 1 aromatic rings. The molecule has 2 N–H and O–H groups in total. The Labute approximate surface area is 77.7 Å². The normalized spacial score (nSPS) is 11.4. The van der Waals surface area contributed by atoms with Gasteiger partial charge in [0.25, 0.3) is 0 Å². The lowest BCUT2D eigenvalue weighted by Gasteiger charge is -2.04. The molecular weight excluding hydrogens is 223 g/mol. The molecule has 10 heteroatoms. The van der Waals surface area contributed by atoms with Gasteiger partial charge in [0.1, 0.15) is 0 Å². The molecule has 15 heavy (non-hydrogen) atoms. The van der Waals surface area contributed by atoms with Gasteiger partial charge in [-0.2, -0.15) is 13.2 Å². The first-order chi connectivity index (χ1) is 6.73. The zero-order chi connectivity index (χ0) is 11.8. The highest BCUT2D eigenvalue weighted by Gasteiger charge is 2.41. The Bertz CT molecular complexity index is 513. The third kappa shape index (κ3) is 2.03. The Balaban J connectivity index is 3.70. The van der Waals surface area contributed by atoms with Crippen LogP contribution in [0.1, 0.15) is 5.69 Å². The van der Waals surface area contributed by atoms with Crippen molar-refractivity contribution in [2.75, 3.05) is 0 Å². The van der Waals surface area contributed by atoms with E-state index in [4.69, 9.17) is 0 Å². The van der Waals surface area contributed by atoms with Crippen molar-refractivity contribution >= 4 is 5.69 Å². The Kier molecular flexibility index (Phi) is 2.35. The maximum absolute atomic E-state index is 12.1. The lowest BCUT2D eigenvalue weighted by molar-refractivity contribution is -0.390. The molecule has 0 unspecified atom stereocenters. The van der Waals surface area contributed by atoms with Crippen LogP contribution < -0.4 is 11.2 Å². The van der Waals surface area contributed by atoms with E-state index >= 15 is 0 Å². The quantitative estimate of drug-likeness (QED) is 0.517. The topological polar surface area (TPSA) is 109 Å². The van der Waals surface area contributed by atoms with Crippen LogP contribution in [-0.4, -0.2) is 14.9 Å². The molecule has 0 aromatic carbocycles. The highest BCUT2D eigenvalue weighted by molar-refractivity contribution is 5.33. The van der Waals surface area contributed by atoms with E-state index in [9.17, 15) is 32.9 Å². The van der Waals surface area contributed by atoms with E-state index in [-0.39, 0.29) is 0 Å². The summed E-state index contributed by atoms with van der Waals surface area (Å²) >= 11 is 0. The number of nitro groups is 1. The molecule has 0 radical (unpaired) electrons. The number of nitrogens with zero attached hydrogens (tertiary/aromatic N) is 1. The molecule has 7 nitrogen and oxygen atoms in total. The van der Waals surface area contributed by atoms with Crippen LogP contribution in [0.5, 0.6) is 0 Å². The Morgan fingerprint density at radius 3 is 2.13 bits per heavy atom. The van der Waals surface area contributed by atoms with Gasteiger partial charge in [-0.05, 0) is 0 Å². The summed E-state index contributed by atoms with van der Waals surface area (Å²) < 4.78 is 36.4. The predicted octanol–water partition coefficient (Wildman–Crippen LogP) is -0.00980. The van der Waals surface area contributed by atoms with Gasteiger partial charge >= 0.3 is 23.1 Å². The largest absolute Gasteiger partial charge is 0.438 e. The summed E-state index contributed by atoms with van der Waals surface area (Å²) in [7, 11) is 0. The van der Waals surface area contributed by atoms with Crippen molar-refractivity contribution in [2.45, 2.75) is 6.18 Å². The van der Waals surface area contributed by atoms with Crippen LogP contribution in [-0.2, 0) is 6.18 Å². The maximum atomic E-state index is 12.1. The number of nitrogens with one attached hydrogen (secondary N) is 2. The van der Waals surface area contributed by atoms with Gasteiger partial charge in [0.15, 0.2) is 0 Å². The Morgan fingerprint density at radius 1 is 1.20 bits per heavy atom. The number of H-pyrrole nitrogens is 2. The molecule has 0 amide bonds. The lowest BCUT2D eigenvalue weighted by atomic mass is 10.3. The van der Waals surface area contributed by atoms with Gasteiger partial charge in [-0.25, -0.2) is 4.79 Å². The van der Waals surface area contributed by atoms with Gasteiger partial charge in [-0.1, -0.05) is 0 Å². The molecule has 1 rings (SSSR count). The average molecular weight is 225 g/mol. The summed E-state index contributed by atoms with van der Waals surface area (Å²) in [6.07, 6.45) is -5.17. The molecule has 0 saturated heterocycles. The summed E-state index contributed by atoms with van der Waals surface area (Å²) in [4.78, 5) is 32.4. The van der Waals surface area contributed by atoms with Crippen LogP contribution in [0.4, 0.5) is 18.9 Å². The molecule has 0 aliphatic rings. The van der Waals surface area contributed by atoms with Crippen LogP contribution in [0, 0.1) is 10.1 Å². The number of rotatable bonds is 1. The van der Waals surface area contributed by atoms with E-state index in [1.807, 2.05) is 0 Å². The fourth-order valence-electron chi connectivity index (χ4n) is 0.859.